The summed E-state index contributed by atoms with van der Waals surface area (Å²) in [6, 6.07) is 13.1. The van der Waals surface area contributed by atoms with Crippen LogP contribution in [-0.2, 0) is 11.3 Å². The van der Waals surface area contributed by atoms with Gasteiger partial charge in [-0.1, -0.05) is 36.3 Å². The van der Waals surface area contributed by atoms with Crippen molar-refractivity contribution in [1.29, 1.82) is 0 Å². The second kappa shape index (κ2) is 7.09. The number of rotatable bonds is 3. The van der Waals surface area contributed by atoms with Gasteiger partial charge in [0.2, 0.25) is 0 Å². The van der Waals surface area contributed by atoms with Crippen LogP contribution in [0.3, 0.4) is 0 Å². The maximum absolute atomic E-state index is 11.6. The van der Waals surface area contributed by atoms with E-state index in [9.17, 15) is 4.79 Å². The normalized spacial score (nSPS) is 9.91. The summed E-state index contributed by atoms with van der Waals surface area (Å²) in [4.78, 5) is 15.7. The fourth-order valence-corrected chi connectivity index (χ4v) is 1.94. The second-order valence-electron chi connectivity index (χ2n) is 4.65. The zero-order valence-corrected chi connectivity index (χ0v) is 12.3. The first-order valence-corrected chi connectivity index (χ1v) is 7.05. The smallest absolute Gasteiger partial charge is 0.408 e. The highest BCUT2D eigenvalue weighted by Crippen LogP contribution is 2.02. The van der Waals surface area contributed by atoms with Gasteiger partial charge in [-0.25, -0.2) is 14.3 Å². The Morgan fingerprint density at radius 2 is 2.09 bits per heavy atom. The molecule has 1 amide bonds. The van der Waals surface area contributed by atoms with E-state index in [-0.39, 0.29) is 13.2 Å². The van der Waals surface area contributed by atoms with Crippen LogP contribution in [0.5, 0.6) is 0 Å². The molecule has 0 aliphatic carbocycles. The Hall–Kier alpha value is -3.33. The first-order valence-electron chi connectivity index (χ1n) is 7.05. The molecule has 1 N–H and O–H groups in total. The van der Waals surface area contributed by atoms with Gasteiger partial charge in [0.05, 0.1) is 12.7 Å². The highest BCUT2D eigenvalue weighted by molar-refractivity contribution is 5.67. The van der Waals surface area contributed by atoms with Crippen molar-refractivity contribution in [2.24, 2.45) is 0 Å². The van der Waals surface area contributed by atoms with Crippen molar-refractivity contribution in [1.82, 2.24) is 19.9 Å². The molecule has 6 nitrogen and oxygen atoms in total. The minimum Gasteiger partial charge on any atom is -0.445 e. The van der Waals surface area contributed by atoms with Crippen molar-refractivity contribution in [3.8, 4) is 11.8 Å². The highest BCUT2D eigenvalue weighted by atomic mass is 16.5. The van der Waals surface area contributed by atoms with Gasteiger partial charge >= 0.3 is 6.09 Å². The SMILES string of the molecule is O=C(NCC#Cc1cnc2cccnn12)OCc1ccccc1. The van der Waals surface area contributed by atoms with E-state index in [4.69, 9.17) is 4.74 Å². The first kappa shape index (κ1) is 14.6. The van der Waals surface area contributed by atoms with Crippen molar-refractivity contribution < 1.29 is 9.53 Å². The number of fused-ring (bicyclic) bond motifs is 1. The van der Waals surface area contributed by atoms with Crippen LogP contribution in [0.2, 0.25) is 0 Å². The van der Waals surface area contributed by atoms with Gasteiger partial charge < -0.3 is 10.1 Å². The summed E-state index contributed by atoms with van der Waals surface area (Å²) in [5.41, 5.74) is 2.33. The van der Waals surface area contributed by atoms with E-state index in [0.29, 0.717) is 5.69 Å². The van der Waals surface area contributed by atoms with Crippen molar-refractivity contribution in [2.45, 2.75) is 6.61 Å². The minimum atomic E-state index is -0.501. The summed E-state index contributed by atoms with van der Waals surface area (Å²) in [6.07, 6.45) is 2.81. The van der Waals surface area contributed by atoms with Gasteiger partial charge in [0.25, 0.3) is 0 Å². The lowest BCUT2D eigenvalue weighted by Crippen LogP contribution is -2.24. The molecule has 0 aliphatic heterocycles. The lowest BCUT2D eigenvalue weighted by molar-refractivity contribution is 0.141. The average Bonchev–Trinajstić information content (AvgIpc) is 3.01. The molecule has 3 aromatic rings. The molecule has 2 aromatic heterocycles. The molecule has 1 aromatic carbocycles. The number of carbonyl (C=O) groups is 1. The van der Waals surface area contributed by atoms with E-state index < -0.39 is 6.09 Å². The molecule has 6 heteroatoms. The van der Waals surface area contributed by atoms with Crippen molar-refractivity contribution >= 4 is 11.7 Å². The third-order valence-corrected chi connectivity index (χ3v) is 3.03. The first-order chi connectivity index (χ1) is 11.3. The predicted octanol–water partition coefficient (Wildman–Crippen LogP) is 2.01. The van der Waals surface area contributed by atoms with Gasteiger partial charge in [0.1, 0.15) is 12.3 Å². The number of amides is 1. The number of alkyl carbamates (subject to hydrolysis) is 1. The van der Waals surface area contributed by atoms with Crippen LogP contribution < -0.4 is 5.32 Å². The van der Waals surface area contributed by atoms with Gasteiger partial charge in [-0.05, 0) is 23.6 Å². The fraction of sp³-hybridized carbons (Fsp3) is 0.118. The average molecular weight is 306 g/mol. The van der Waals surface area contributed by atoms with Crippen LogP contribution in [-0.4, -0.2) is 27.2 Å². The molecule has 0 fully saturated rings. The fourth-order valence-electron chi connectivity index (χ4n) is 1.94. The Kier molecular flexibility index (Phi) is 4.50. The lowest BCUT2D eigenvalue weighted by atomic mass is 10.2. The predicted molar refractivity (Wildman–Crippen MR) is 84.5 cm³/mol. The molecule has 0 spiro atoms. The third-order valence-electron chi connectivity index (χ3n) is 3.03. The van der Waals surface area contributed by atoms with Crippen molar-refractivity contribution in [2.75, 3.05) is 6.54 Å². The summed E-state index contributed by atoms with van der Waals surface area (Å²) >= 11 is 0. The number of benzene rings is 1. The zero-order chi connectivity index (χ0) is 15.9. The Balaban J connectivity index is 1.49. The van der Waals surface area contributed by atoms with E-state index in [1.165, 1.54) is 0 Å². The molecule has 23 heavy (non-hydrogen) atoms. The number of ether oxygens (including phenoxy) is 1. The maximum Gasteiger partial charge on any atom is 0.408 e. The molecule has 0 aliphatic rings. The van der Waals surface area contributed by atoms with Gasteiger partial charge in [0.15, 0.2) is 5.65 Å². The Labute approximate surface area is 133 Å². The summed E-state index contributed by atoms with van der Waals surface area (Å²) in [6.45, 7) is 0.422. The topological polar surface area (TPSA) is 68.5 Å². The van der Waals surface area contributed by atoms with Crippen LogP contribution in [0.15, 0.2) is 54.9 Å². The third kappa shape index (κ3) is 3.86. The van der Waals surface area contributed by atoms with Crippen LogP contribution in [0.25, 0.3) is 5.65 Å². The molecule has 3 rings (SSSR count). The van der Waals surface area contributed by atoms with Crippen LogP contribution in [0.4, 0.5) is 4.79 Å². The van der Waals surface area contributed by atoms with E-state index in [1.807, 2.05) is 42.5 Å². The number of hydrogen-bond donors (Lipinski definition) is 1. The molecule has 0 atom stereocenters. The zero-order valence-electron chi connectivity index (χ0n) is 12.3. The van der Waals surface area contributed by atoms with Gasteiger partial charge in [0, 0.05) is 6.20 Å². The number of nitrogens with one attached hydrogen (secondary N) is 1. The number of nitrogens with zero attached hydrogens (tertiary/aromatic N) is 3. The maximum atomic E-state index is 11.6. The van der Waals surface area contributed by atoms with E-state index >= 15 is 0 Å². The molecule has 114 valence electrons. The highest BCUT2D eigenvalue weighted by Gasteiger charge is 2.01. The molecule has 0 unspecified atom stereocenters. The standard InChI is InChI=1S/C17H14N4O2/c22-17(23-13-14-6-2-1-3-7-14)18-10-4-8-15-12-19-16-9-5-11-20-21(15)16/h1-3,5-7,9,11-12H,10,13H2,(H,18,22). The van der Waals surface area contributed by atoms with E-state index in [2.05, 4.69) is 27.2 Å². The monoisotopic (exact) mass is 306 g/mol. The summed E-state index contributed by atoms with van der Waals surface area (Å²) in [7, 11) is 0. The number of aromatic nitrogens is 3. The second-order valence-corrected chi connectivity index (χ2v) is 4.65. The molecule has 0 bridgehead atoms. The van der Waals surface area contributed by atoms with E-state index in [1.54, 1.807) is 16.9 Å². The Morgan fingerprint density at radius 1 is 1.22 bits per heavy atom. The minimum absolute atomic E-state index is 0.188. The largest absolute Gasteiger partial charge is 0.445 e. The van der Waals surface area contributed by atoms with Crippen LogP contribution in [0.1, 0.15) is 11.3 Å². The number of imidazole rings is 1. The summed E-state index contributed by atoms with van der Waals surface area (Å²) in [5, 5.41) is 6.74. The Morgan fingerprint density at radius 3 is 2.96 bits per heavy atom. The van der Waals surface area contributed by atoms with Gasteiger partial charge in [-0.2, -0.15) is 5.10 Å². The van der Waals surface area contributed by atoms with E-state index in [0.717, 1.165) is 11.2 Å². The summed E-state index contributed by atoms with van der Waals surface area (Å²) in [5.74, 6) is 5.76. The van der Waals surface area contributed by atoms with Crippen LogP contribution >= 0.6 is 0 Å². The quantitative estimate of drug-likeness (QED) is 0.752. The van der Waals surface area contributed by atoms with Crippen LogP contribution in [0, 0.1) is 11.8 Å². The number of hydrogen-bond acceptors (Lipinski definition) is 4. The molecule has 0 radical (unpaired) electrons. The van der Waals surface area contributed by atoms with Crippen molar-refractivity contribution in [3.63, 3.8) is 0 Å². The Bertz CT molecular complexity index is 862. The summed E-state index contributed by atoms with van der Waals surface area (Å²) < 4.78 is 6.73. The molecular formula is C17H14N4O2. The molecule has 0 saturated heterocycles. The van der Waals surface area contributed by atoms with Gasteiger partial charge in [-0.3, -0.25) is 0 Å². The molecule has 0 saturated carbocycles. The van der Waals surface area contributed by atoms with Gasteiger partial charge in [-0.15, -0.1) is 0 Å². The number of carbonyl (C=O) groups excluding carboxylic acids is 1. The lowest BCUT2D eigenvalue weighted by Gasteiger charge is -2.04. The molecular weight excluding hydrogens is 292 g/mol. The van der Waals surface area contributed by atoms with Crippen molar-refractivity contribution in [3.05, 3.63) is 66.1 Å². The molecule has 2 heterocycles.